The molecule has 6 rings (SSSR count). The number of halogens is 2. The number of hydrogen-bond donors (Lipinski definition) is 3. The van der Waals surface area contributed by atoms with Gasteiger partial charge in [0.2, 0.25) is 17.7 Å². The van der Waals surface area contributed by atoms with Gasteiger partial charge in [0.1, 0.15) is 17.4 Å². The summed E-state index contributed by atoms with van der Waals surface area (Å²) in [6, 6.07) is 16.7. The van der Waals surface area contributed by atoms with E-state index in [2.05, 4.69) is 20.8 Å². The van der Waals surface area contributed by atoms with Crippen molar-refractivity contribution in [1.82, 2.24) is 30.6 Å². The Morgan fingerprint density at radius 2 is 1.55 bits per heavy atom. The number of piperazine rings is 1. The second kappa shape index (κ2) is 20.0. The molecule has 3 N–H and O–H groups in total. The van der Waals surface area contributed by atoms with Crippen molar-refractivity contribution in [3.63, 3.8) is 0 Å². The Balaban J connectivity index is 0.830. The molecule has 1 aromatic heterocycles. The van der Waals surface area contributed by atoms with E-state index in [4.69, 9.17) is 21.1 Å². The Kier molecular flexibility index (Phi) is 14.4. The average Bonchev–Trinajstić information content (AvgIpc) is 3.25. The van der Waals surface area contributed by atoms with Crippen LogP contribution in [-0.4, -0.2) is 121 Å². The molecule has 5 amide bonds. The van der Waals surface area contributed by atoms with Crippen molar-refractivity contribution in [2.75, 3.05) is 76.4 Å². The SMILES string of the molecule is O=C(CCC(=O)N1CCN(C(=O)c2cc(Cc3n[nH]c(=O)c4ccccc34)ccc2F)CC1)NCCOCCNC(=O)COc1ccc2c(c1)CCCN2C(=O)CCl. The number of carbonyl (C=O) groups is 5. The molecule has 2 aliphatic rings. The van der Waals surface area contributed by atoms with E-state index in [1.165, 1.54) is 17.0 Å². The Morgan fingerprint density at radius 1 is 0.828 bits per heavy atom. The number of hydrogen-bond acceptors (Lipinski definition) is 9. The number of ether oxygens (including phenoxy) is 2. The third-order valence-electron chi connectivity index (χ3n) is 9.99. The molecule has 0 aliphatic carbocycles. The molecule has 0 spiro atoms. The van der Waals surface area contributed by atoms with Gasteiger partial charge in [-0.1, -0.05) is 24.3 Å². The number of carbonyl (C=O) groups excluding carboxylic acids is 5. The van der Waals surface area contributed by atoms with Gasteiger partial charge in [-0.25, -0.2) is 9.49 Å². The molecular weight excluding hydrogens is 773 g/mol. The molecule has 0 bridgehead atoms. The first-order chi connectivity index (χ1) is 28.1. The van der Waals surface area contributed by atoms with E-state index in [9.17, 15) is 33.2 Å². The van der Waals surface area contributed by atoms with Crippen LogP contribution in [0.5, 0.6) is 5.75 Å². The molecule has 0 radical (unpaired) electrons. The second-order valence-electron chi connectivity index (χ2n) is 13.9. The van der Waals surface area contributed by atoms with Crippen LogP contribution in [0.1, 0.15) is 46.4 Å². The second-order valence-corrected chi connectivity index (χ2v) is 14.2. The quantitative estimate of drug-likeness (QED) is 0.113. The van der Waals surface area contributed by atoms with Gasteiger partial charge in [0, 0.05) is 76.1 Å². The van der Waals surface area contributed by atoms with Gasteiger partial charge in [-0.15, -0.1) is 11.6 Å². The number of anilines is 1. The van der Waals surface area contributed by atoms with E-state index in [0.717, 1.165) is 24.1 Å². The van der Waals surface area contributed by atoms with Crippen molar-refractivity contribution in [2.45, 2.75) is 32.1 Å². The highest BCUT2D eigenvalue weighted by molar-refractivity contribution is 6.29. The van der Waals surface area contributed by atoms with Crippen LogP contribution in [0, 0.1) is 5.82 Å². The molecule has 4 aromatic rings. The fraction of sp³-hybridized carbons (Fsp3) is 0.390. The minimum Gasteiger partial charge on any atom is -0.484 e. The zero-order valence-corrected chi connectivity index (χ0v) is 32.7. The van der Waals surface area contributed by atoms with Crippen molar-refractivity contribution >= 4 is 57.6 Å². The topological polar surface area (TPSA) is 183 Å². The molecule has 17 heteroatoms. The molecule has 3 heterocycles. The first-order valence-corrected chi connectivity index (χ1v) is 19.7. The molecule has 306 valence electrons. The van der Waals surface area contributed by atoms with Gasteiger partial charge in [0.15, 0.2) is 6.61 Å². The van der Waals surface area contributed by atoms with Crippen LogP contribution in [0.3, 0.4) is 0 Å². The number of alkyl halides is 1. The summed E-state index contributed by atoms with van der Waals surface area (Å²) in [6.07, 6.45) is 1.87. The molecular formula is C41H45ClFN7O8. The summed E-state index contributed by atoms with van der Waals surface area (Å²) >= 11 is 5.73. The van der Waals surface area contributed by atoms with E-state index in [0.29, 0.717) is 34.3 Å². The minimum atomic E-state index is -0.657. The first kappa shape index (κ1) is 41.8. The number of aryl methyl sites for hydroxylation is 1. The van der Waals surface area contributed by atoms with E-state index >= 15 is 0 Å². The van der Waals surface area contributed by atoms with Crippen molar-refractivity contribution in [2.24, 2.45) is 0 Å². The Bertz CT molecular complexity index is 2210. The average molecular weight is 818 g/mol. The van der Waals surface area contributed by atoms with E-state index in [-0.39, 0.29) is 119 Å². The van der Waals surface area contributed by atoms with E-state index < -0.39 is 11.7 Å². The molecule has 1 saturated heterocycles. The number of fused-ring (bicyclic) bond motifs is 2. The predicted molar refractivity (Wildman–Crippen MR) is 213 cm³/mol. The lowest BCUT2D eigenvalue weighted by atomic mass is 10.0. The normalized spacial score (nSPS) is 13.9. The van der Waals surface area contributed by atoms with Crippen LogP contribution >= 0.6 is 11.6 Å². The first-order valence-electron chi connectivity index (χ1n) is 19.2. The fourth-order valence-corrected chi connectivity index (χ4v) is 7.11. The molecule has 1 fully saturated rings. The van der Waals surface area contributed by atoms with Crippen molar-refractivity contribution in [3.8, 4) is 5.75 Å². The zero-order chi connectivity index (χ0) is 41.0. The van der Waals surface area contributed by atoms with Crippen LogP contribution in [0.15, 0.2) is 65.5 Å². The number of H-pyrrole nitrogens is 1. The molecule has 0 unspecified atom stereocenters. The largest absolute Gasteiger partial charge is 0.484 e. The van der Waals surface area contributed by atoms with Crippen molar-refractivity contribution in [1.29, 1.82) is 0 Å². The molecule has 0 saturated carbocycles. The maximum Gasteiger partial charge on any atom is 0.272 e. The number of aromatic nitrogens is 2. The van der Waals surface area contributed by atoms with Crippen LogP contribution in [0.4, 0.5) is 10.1 Å². The smallest absolute Gasteiger partial charge is 0.272 e. The molecule has 58 heavy (non-hydrogen) atoms. The van der Waals surface area contributed by atoms with Crippen LogP contribution in [0.2, 0.25) is 0 Å². The van der Waals surface area contributed by atoms with Crippen LogP contribution in [-0.2, 0) is 36.8 Å². The highest BCUT2D eigenvalue weighted by Gasteiger charge is 2.27. The van der Waals surface area contributed by atoms with Crippen LogP contribution in [0.25, 0.3) is 10.8 Å². The summed E-state index contributed by atoms with van der Waals surface area (Å²) in [5, 5.41) is 13.3. The summed E-state index contributed by atoms with van der Waals surface area (Å²) in [6.45, 7) is 2.28. The Labute approximate surface area is 338 Å². The highest BCUT2D eigenvalue weighted by atomic mass is 35.5. The fourth-order valence-electron chi connectivity index (χ4n) is 6.96. The standard InChI is InChI=1S/C41H45ClFN7O8/c42-25-39(54)50-15-3-4-28-24-29(8-10-35(28)50)58-26-37(52)45-14-21-57-20-13-44-36(51)11-12-38(53)48-16-18-49(19-17-48)41(56)32-22-27(7-9-33(32)43)23-34-30-5-1-2-6-31(30)40(55)47-46-34/h1-2,5-10,22,24H,3-4,11-21,23,25-26H2,(H,44,51)(H,45,52)(H,47,55). The zero-order valence-electron chi connectivity index (χ0n) is 31.9. The van der Waals surface area contributed by atoms with Gasteiger partial charge in [-0.05, 0) is 60.4 Å². The van der Waals surface area contributed by atoms with Gasteiger partial charge < -0.3 is 34.8 Å². The van der Waals surface area contributed by atoms with Gasteiger partial charge >= 0.3 is 0 Å². The maximum absolute atomic E-state index is 14.9. The highest BCUT2D eigenvalue weighted by Crippen LogP contribution is 2.31. The van der Waals surface area contributed by atoms with Gasteiger partial charge in [0.05, 0.1) is 29.9 Å². The molecule has 15 nitrogen and oxygen atoms in total. The summed E-state index contributed by atoms with van der Waals surface area (Å²) in [7, 11) is 0. The Hall–Kier alpha value is -5.87. The van der Waals surface area contributed by atoms with Crippen molar-refractivity contribution < 1.29 is 37.8 Å². The molecule has 2 aliphatic heterocycles. The Morgan fingerprint density at radius 3 is 2.31 bits per heavy atom. The van der Waals surface area contributed by atoms with E-state index in [1.807, 2.05) is 6.07 Å². The van der Waals surface area contributed by atoms with Crippen molar-refractivity contribution in [3.05, 3.63) is 99.2 Å². The minimum absolute atomic E-state index is 0.00348. The summed E-state index contributed by atoms with van der Waals surface area (Å²) in [5.41, 5.74) is 2.63. The molecule has 3 aromatic carbocycles. The lowest BCUT2D eigenvalue weighted by molar-refractivity contribution is -0.134. The number of aromatic amines is 1. The van der Waals surface area contributed by atoms with Gasteiger partial charge in [-0.3, -0.25) is 28.8 Å². The van der Waals surface area contributed by atoms with E-state index in [1.54, 1.807) is 52.3 Å². The summed E-state index contributed by atoms with van der Waals surface area (Å²) in [5.74, 6) is -1.70. The van der Waals surface area contributed by atoms with Gasteiger partial charge in [-0.2, -0.15) is 5.10 Å². The number of nitrogens with one attached hydrogen (secondary N) is 3. The third-order valence-corrected chi connectivity index (χ3v) is 10.2. The van der Waals surface area contributed by atoms with Gasteiger partial charge in [0.25, 0.3) is 17.4 Å². The monoisotopic (exact) mass is 817 g/mol. The summed E-state index contributed by atoms with van der Waals surface area (Å²) < 4.78 is 26.0. The predicted octanol–water partition coefficient (Wildman–Crippen LogP) is 2.56. The third kappa shape index (κ3) is 10.7. The lowest BCUT2D eigenvalue weighted by Gasteiger charge is -2.35. The molecule has 0 atom stereocenters. The maximum atomic E-state index is 14.9. The number of rotatable bonds is 16. The lowest BCUT2D eigenvalue weighted by Crippen LogP contribution is -2.50. The number of nitrogens with zero attached hydrogens (tertiary/aromatic N) is 4. The summed E-state index contributed by atoms with van der Waals surface area (Å²) in [4.78, 5) is 79.8. The number of amides is 5. The van der Waals surface area contributed by atoms with Crippen LogP contribution < -0.4 is 25.8 Å². The number of benzene rings is 3.